The van der Waals surface area contributed by atoms with E-state index in [1.165, 1.54) is 0 Å². The van der Waals surface area contributed by atoms with Gasteiger partial charge in [0.25, 0.3) is 5.91 Å². The lowest BCUT2D eigenvalue weighted by Crippen LogP contribution is -2.28. The third-order valence-corrected chi connectivity index (χ3v) is 1.85. The first-order valence-corrected chi connectivity index (χ1v) is 4.74. The minimum atomic E-state index is -0.837. The van der Waals surface area contributed by atoms with Crippen LogP contribution in [-0.4, -0.2) is 12.5 Å². The molecule has 0 heterocycles. The molecule has 1 aromatic carbocycles. The predicted octanol–water partition coefficient (Wildman–Crippen LogP) is 2.35. The van der Waals surface area contributed by atoms with Crippen molar-refractivity contribution in [2.45, 2.75) is 13.8 Å². The van der Waals surface area contributed by atoms with Crippen LogP contribution >= 0.6 is 0 Å². The molecule has 0 fully saturated rings. The van der Waals surface area contributed by atoms with Gasteiger partial charge in [-0.25, -0.2) is 8.78 Å². The Morgan fingerprint density at radius 1 is 1.40 bits per heavy atom. The van der Waals surface area contributed by atoms with E-state index < -0.39 is 17.5 Å². The van der Waals surface area contributed by atoms with E-state index in [0.29, 0.717) is 12.6 Å². The molecule has 1 rings (SSSR count). The molecule has 0 spiro atoms. The molecular weight excluding hydrogens is 200 g/mol. The van der Waals surface area contributed by atoms with Gasteiger partial charge >= 0.3 is 0 Å². The van der Waals surface area contributed by atoms with Gasteiger partial charge in [-0.2, -0.15) is 0 Å². The zero-order valence-corrected chi connectivity index (χ0v) is 8.68. The first-order valence-electron chi connectivity index (χ1n) is 4.74. The van der Waals surface area contributed by atoms with E-state index in [4.69, 9.17) is 0 Å². The van der Waals surface area contributed by atoms with Crippen LogP contribution in [0.25, 0.3) is 0 Å². The van der Waals surface area contributed by atoms with E-state index >= 15 is 0 Å². The van der Waals surface area contributed by atoms with Crippen molar-refractivity contribution in [1.29, 1.82) is 0 Å². The average Bonchev–Trinajstić information content (AvgIpc) is 2.14. The van der Waals surface area contributed by atoms with Crippen LogP contribution in [0.3, 0.4) is 0 Å². The molecule has 2 nitrogen and oxygen atoms in total. The predicted molar refractivity (Wildman–Crippen MR) is 53.5 cm³/mol. The van der Waals surface area contributed by atoms with Gasteiger partial charge in [0.15, 0.2) is 0 Å². The lowest BCUT2D eigenvalue weighted by Gasteiger charge is -2.08. The maximum atomic E-state index is 13.1. The normalized spacial score (nSPS) is 10.5. The number of hydrogen-bond donors (Lipinski definition) is 1. The summed E-state index contributed by atoms with van der Waals surface area (Å²) in [7, 11) is 0. The van der Waals surface area contributed by atoms with E-state index in [1.807, 2.05) is 13.8 Å². The van der Waals surface area contributed by atoms with Crippen LogP contribution in [0.1, 0.15) is 24.2 Å². The molecule has 0 saturated carbocycles. The summed E-state index contributed by atoms with van der Waals surface area (Å²) in [6, 6.07) is 2.90. The van der Waals surface area contributed by atoms with Gasteiger partial charge in [0.2, 0.25) is 0 Å². The third kappa shape index (κ3) is 3.31. The molecule has 1 aromatic rings. The molecule has 0 aromatic heterocycles. The van der Waals surface area contributed by atoms with Gasteiger partial charge in [-0.3, -0.25) is 4.79 Å². The van der Waals surface area contributed by atoms with Gasteiger partial charge in [-0.05, 0) is 18.1 Å². The highest BCUT2D eigenvalue weighted by molar-refractivity contribution is 5.94. The summed E-state index contributed by atoms with van der Waals surface area (Å²) in [6.45, 7) is 4.33. The fourth-order valence-electron chi connectivity index (χ4n) is 1.07. The van der Waals surface area contributed by atoms with E-state index in [-0.39, 0.29) is 11.5 Å². The van der Waals surface area contributed by atoms with Crippen molar-refractivity contribution in [2.75, 3.05) is 6.54 Å². The van der Waals surface area contributed by atoms with Crippen LogP contribution in [0.15, 0.2) is 18.2 Å². The quantitative estimate of drug-likeness (QED) is 0.820. The van der Waals surface area contributed by atoms with Crippen LogP contribution in [-0.2, 0) is 0 Å². The van der Waals surface area contributed by atoms with Gasteiger partial charge in [-0.1, -0.05) is 13.8 Å². The number of halogens is 2. The van der Waals surface area contributed by atoms with Crippen molar-refractivity contribution in [3.05, 3.63) is 35.4 Å². The lowest BCUT2D eigenvalue weighted by atomic mass is 10.1. The van der Waals surface area contributed by atoms with Gasteiger partial charge in [0, 0.05) is 12.6 Å². The Morgan fingerprint density at radius 3 is 2.60 bits per heavy atom. The van der Waals surface area contributed by atoms with Gasteiger partial charge in [0.1, 0.15) is 11.6 Å². The molecule has 0 unspecified atom stereocenters. The monoisotopic (exact) mass is 213 g/mol. The zero-order chi connectivity index (χ0) is 11.4. The molecule has 0 saturated heterocycles. The number of benzene rings is 1. The van der Waals surface area contributed by atoms with E-state index in [2.05, 4.69) is 5.32 Å². The summed E-state index contributed by atoms with van der Waals surface area (Å²) in [4.78, 5) is 11.4. The second-order valence-corrected chi connectivity index (χ2v) is 3.73. The van der Waals surface area contributed by atoms with Crippen molar-refractivity contribution in [3.8, 4) is 0 Å². The molecule has 82 valence electrons. The van der Waals surface area contributed by atoms with Crippen molar-refractivity contribution in [2.24, 2.45) is 5.92 Å². The van der Waals surface area contributed by atoms with Crippen LogP contribution in [0.4, 0.5) is 8.78 Å². The highest BCUT2D eigenvalue weighted by Gasteiger charge is 2.11. The van der Waals surface area contributed by atoms with Gasteiger partial charge < -0.3 is 5.32 Å². The maximum Gasteiger partial charge on any atom is 0.254 e. The molecule has 0 aliphatic rings. The Bertz CT molecular complexity index is 364. The molecule has 4 heteroatoms. The summed E-state index contributed by atoms with van der Waals surface area (Å²) in [5, 5.41) is 2.56. The largest absolute Gasteiger partial charge is 0.352 e. The molecule has 1 N–H and O–H groups in total. The smallest absolute Gasteiger partial charge is 0.254 e. The maximum absolute atomic E-state index is 13.1. The van der Waals surface area contributed by atoms with Gasteiger partial charge in [0.05, 0.1) is 5.56 Å². The standard InChI is InChI=1S/C11H13F2NO/c1-7(2)6-14-11(15)9-4-3-8(12)5-10(9)13/h3-5,7H,6H2,1-2H3,(H,14,15). The first-order chi connectivity index (χ1) is 7.00. The van der Waals surface area contributed by atoms with Crippen molar-refractivity contribution in [1.82, 2.24) is 5.32 Å². The Balaban J connectivity index is 2.74. The summed E-state index contributed by atoms with van der Waals surface area (Å²) < 4.78 is 25.7. The third-order valence-electron chi connectivity index (χ3n) is 1.85. The Labute approximate surface area is 87.3 Å². The summed E-state index contributed by atoms with van der Waals surface area (Å²) >= 11 is 0. The second-order valence-electron chi connectivity index (χ2n) is 3.73. The van der Waals surface area contributed by atoms with Crippen molar-refractivity contribution in [3.63, 3.8) is 0 Å². The molecule has 1 amide bonds. The number of carbonyl (C=O) groups excluding carboxylic acids is 1. The number of hydrogen-bond acceptors (Lipinski definition) is 1. The summed E-state index contributed by atoms with van der Waals surface area (Å²) in [6.07, 6.45) is 0. The first kappa shape index (κ1) is 11.6. The number of nitrogens with one attached hydrogen (secondary N) is 1. The molecule has 15 heavy (non-hydrogen) atoms. The number of rotatable bonds is 3. The zero-order valence-electron chi connectivity index (χ0n) is 8.68. The van der Waals surface area contributed by atoms with E-state index in [0.717, 1.165) is 12.1 Å². The number of carbonyl (C=O) groups is 1. The second kappa shape index (κ2) is 4.87. The lowest BCUT2D eigenvalue weighted by molar-refractivity contribution is 0.0945. The van der Waals surface area contributed by atoms with Gasteiger partial charge in [-0.15, -0.1) is 0 Å². The minimum absolute atomic E-state index is 0.128. The molecule has 0 atom stereocenters. The summed E-state index contributed by atoms with van der Waals surface area (Å²) in [5.41, 5.74) is -0.128. The summed E-state index contributed by atoms with van der Waals surface area (Å²) in [5.74, 6) is -1.75. The molecule has 0 bridgehead atoms. The van der Waals surface area contributed by atoms with E-state index in [9.17, 15) is 13.6 Å². The highest BCUT2D eigenvalue weighted by Crippen LogP contribution is 2.09. The fourth-order valence-corrected chi connectivity index (χ4v) is 1.07. The molecular formula is C11H13F2NO. The Morgan fingerprint density at radius 2 is 2.07 bits per heavy atom. The minimum Gasteiger partial charge on any atom is -0.352 e. The van der Waals surface area contributed by atoms with Crippen LogP contribution in [0, 0.1) is 17.6 Å². The Kier molecular flexibility index (Phi) is 3.77. The molecule has 0 aliphatic heterocycles. The molecule has 0 radical (unpaired) electrons. The van der Waals surface area contributed by atoms with Crippen LogP contribution in [0.2, 0.25) is 0 Å². The van der Waals surface area contributed by atoms with Crippen molar-refractivity contribution < 1.29 is 13.6 Å². The SMILES string of the molecule is CC(C)CNC(=O)c1ccc(F)cc1F. The fraction of sp³-hybridized carbons (Fsp3) is 0.364. The van der Waals surface area contributed by atoms with E-state index in [1.54, 1.807) is 0 Å². The topological polar surface area (TPSA) is 29.1 Å². The number of amides is 1. The highest BCUT2D eigenvalue weighted by atomic mass is 19.1. The van der Waals surface area contributed by atoms with Crippen molar-refractivity contribution >= 4 is 5.91 Å². The average molecular weight is 213 g/mol. The van der Waals surface area contributed by atoms with Crippen LogP contribution in [0.5, 0.6) is 0 Å². The molecule has 0 aliphatic carbocycles. The van der Waals surface area contributed by atoms with Crippen LogP contribution < -0.4 is 5.32 Å². The Hall–Kier alpha value is -1.45.